The number of imidazole rings is 1. The van der Waals surface area contributed by atoms with Crippen LogP contribution < -0.4 is 0 Å². The molecule has 0 radical (unpaired) electrons. The van der Waals surface area contributed by atoms with Crippen LogP contribution in [0.5, 0.6) is 0 Å². The van der Waals surface area contributed by atoms with Gasteiger partial charge in [0.1, 0.15) is 5.82 Å². The first-order chi connectivity index (χ1) is 23.2. The van der Waals surface area contributed by atoms with E-state index in [9.17, 15) is 0 Å². The highest BCUT2D eigenvalue weighted by Gasteiger charge is 2.18. The Labute approximate surface area is 258 Å². The third-order valence-corrected chi connectivity index (χ3v) is 8.28. The van der Waals surface area contributed by atoms with Gasteiger partial charge in [-0.2, -0.15) is 0 Å². The average molecular weight is 556 g/mol. The number of rotatable bonds is 5. The van der Waals surface area contributed by atoms with E-state index in [1.165, 1.54) is 5.56 Å². The van der Waals surface area contributed by atoms with Gasteiger partial charge in [0, 0.05) is 18.9 Å². The summed E-state index contributed by atoms with van der Waals surface area (Å²) in [6, 6.07) is 51.3. The van der Waals surface area contributed by atoms with Crippen molar-refractivity contribution in [2.45, 2.75) is 13.2 Å². The van der Waals surface area contributed by atoms with Crippen molar-refractivity contribution in [2.75, 3.05) is 0 Å². The SMILES string of the molecule is [2H]C([2H])([2H])C([2H])([2H])c1nc2ccccc2n1-c1ccc(-c2c3ccccc3c(-c3ccccc3)c3cc(-c4ccccc4)ccc23)cc1. The van der Waals surface area contributed by atoms with Crippen LogP contribution in [-0.4, -0.2) is 9.55 Å². The molecule has 8 aromatic rings. The molecule has 0 aliphatic rings. The summed E-state index contributed by atoms with van der Waals surface area (Å²) < 4.78 is 42.7. The predicted octanol–water partition coefficient (Wildman–Crippen LogP) is 10.9. The number of aryl methyl sites for hydroxylation is 1. The molecular weight excluding hydrogens is 520 g/mol. The van der Waals surface area contributed by atoms with Gasteiger partial charge >= 0.3 is 0 Å². The fraction of sp³-hybridized carbons (Fsp3) is 0.0488. The molecule has 2 nitrogen and oxygen atoms in total. The molecule has 0 saturated carbocycles. The zero-order valence-electron chi connectivity index (χ0n) is 28.3. The van der Waals surface area contributed by atoms with E-state index < -0.39 is 13.2 Å². The van der Waals surface area contributed by atoms with Crippen molar-refractivity contribution in [2.24, 2.45) is 0 Å². The van der Waals surface area contributed by atoms with Gasteiger partial charge in [-0.15, -0.1) is 0 Å². The number of nitrogens with zero attached hydrogens (tertiary/aromatic N) is 2. The Morgan fingerprint density at radius 2 is 1.09 bits per heavy atom. The van der Waals surface area contributed by atoms with Crippen molar-refractivity contribution in [3.63, 3.8) is 0 Å². The summed E-state index contributed by atoms with van der Waals surface area (Å²) in [5.74, 6) is -0.145. The van der Waals surface area contributed by atoms with Crippen molar-refractivity contribution in [3.05, 3.63) is 157 Å². The number of para-hydroxylation sites is 2. The molecule has 0 unspecified atom stereocenters. The van der Waals surface area contributed by atoms with Gasteiger partial charge in [0.05, 0.1) is 11.0 Å². The summed E-state index contributed by atoms with van der Waals surface area (Å²) in [5.41, 5.74) is 8.53. The van der Waals surface area contributed by atoms with Gasteiger partial charge in [-0.1, -0.05) is 128 Å². The van der Waals surface area contributed by atoms with Crippen LogP contribution in [0.2, 0.25) is 0 Å². The monoisotopic (exact) mass is 555 g/mol. The first kappa shape index (κ1) is 20.4. The summed E-state index contributed by atoms with van der Waals surface area (Å²) in [6.07, 6.45) is -2.67. The summed E-state index contributed by atoms with van der Waals surface area (Å²) in [7, 11) is 0. The Balaban J connectivity index is 1.37. The van der Waals surface area contributed by atoms with Crippen molar-refractivity contribution in [3.8, 4) is 39.1 Å². The zero-order chi connectivity index (χ0) is 33.0. The molecule has 0 N–H and O–H groups in total. The maximum Gasteiger partial charge on any atom is 0.114 e. The van der Waals surface area contributed by atoms with Crippen LogP contribution in [0.25, 0.3) is 71.6 Å². The van der Waals surface area contributed by atoms with E-state index in [0.717, 1.165) is 49.4 Å². The van der Waals surface area contributed by atoms with Crippen molar-refractivity contribution >= 4 is 32.6 Å². The highest BCUT2D eigenvalue weighted by Crippen LogP contribution is 2.45. The molecule has 0 spiro atoms. The van der Waals surface area contributed by atoms with Crippen LogP contribution >= 0.6 is 0 Å². The lowest BCUT2D eigenvalue weighted by atomic mass is 9.85. The number of benzene rings is 7. The maximum atomic E-state index is 8.59. The van der Waals surface area contributed by atoms with Crippen LogP contribution in [-0.2, 0) is 6.37 Å². The van der Waals surface area contributed by atoms with Gasteiger partial charge in [0.15, 0.2) is 0 Å². The highest BCUT2D eigenvalue weighted by molar-refractivity contribution is 6.22. The molecule has 204 valence electrons. The zero-order valence-corrected chi connectivity index (χ0v) is 23.3. The molecule has 1 heterocycles. The summed E-state index contributed by atoms with van der Waals surface area (Å²) in [6.45, 7) is -2.90. The van der Waals surface area contributed by atoms with Crippen molar-refractivity contribution in [1.29, 1.82) is 0 Å². The lowest BCUT2D eigenvalue weighted by molar-refractivity contribution is 0.908. The standard InChI is InChI=1S/C41H30N2/c1-2-39-42-37-19-11-12-20-38(37)43(39)32-24-21-30(22-25-32)40-33-17-9-10-18-34(33)41(29-15-7-4-8-16-29)36-27-31(23-26-35(36)40)28-13-5-3-6-14-28/h3-27H,2H2,1H3/i1D3,2D2. The van der Waals surface area contributed by atoms with Crippen molar-refractivity contribution < 1.29 is 6.85 Å². The summed E-state index contributed by atoms with van der Waals surface area (Å²) in [4.78, 5) is 4.49. The van der Waals surface area contributed by atoms with Crippen LogP contribution in [0.1, 0.15) is 19.5 Å². The molecule has 7 aromatic carbocycles. The topological polar surface area (TPSA) is 17.8 Å². The molecule has 43 heavy (non-hydrogen) atoms. The largest absolute Gasteiger partial charge is 0.296 e. The molecule has 0 amide bonds. The number of aromatic nitrogens is 2. The van der Waals surface area contributed by atoms with E-state index >= 15 is 0 Å². The third kappa shape index (κ3) is 4.23. The fourth-order valence-electron chi connectivity index (χ4n) is 6.36. The lowest BCUT2D eigenvalue weighted by Gasteiger charge is -2.19. The normalized spacial score (nSPS) is 13.8. The van der Waals surface area contributed by atoms with Crippen LogP contribution in [0, 0.1) is 0 Å². The molecule has 8 rings (SSSR count). The van der Waals surface area contributed by atoms with Crippen LogP contribution in [0.4, 0.5) is 0 Å². The quantitative estimate of drug-likeness (QED) is 0.193. The minimum absolute atomic E-state index is 0.145. The average Bonchev–Trinajstić information content (AvgIpc) is 3.51. The second kappa shape index (κ2) is 10.4. The van der Waals surface area contributed by atoms with Gasteiger partial charge in [0.25, 0.3) is 0 Å². The highest BCUT2D eigenvalue weighted by atomic mass is 15.1. The van der Waals surface area contributed by atoms with E-state index in [-0.39, 0.29) is 5.82 Å². The Hall–Kier alpha value is -5.47. The smallest absolute Gasteiger partial charge is 0.114 e. The second-order valence-corrected chi connectivity index (χ2v) is 10.7. The Bertz CT molecular complexity index is 2450. The molecule has 0 atom stereocenters. The Morgan fingerprint density at radius 1 is 0.535 bits per heavy atom. The van der Waals surface area contributed by atoms with Crippen LogP contribution in [0.15, 0.2) is 152 Å². The maximum absolute atomic E-state index is 8.59. The van der Waals surface area contributed by atoms with E-state index in [4.69, 9.17) is 6.85 Å². The van der Waals surface area contributed by atoms with Crippen LogP contribution in [0.3, 0.4) is 0 Å². The van der Waals surface area contributed by atoms with Gasteiger partial charge in [0.2, 0.25) is 0 Å². The second-order valence-electron chi connectivity index (χ2n) is 10.7. The van der Waals surface area contributed by atoms with Crippen molar-refractivity contribution in [1.82, 2.24) is 9.55 Å². The molecular formula is C41H30N2. The third-order valence-electron chi connectivity index (χ3n) is 8.28. The Morgan fingerprint density at radius 3 is 1.81 bits per heavy atom. The minimum Gasteiger partial charge on any atom is -0.296 e. The van der Waals surface area contributed by atoms with Gasteiger partial charge in [-0.25, -0.2) is 4.98 Å². The molecule has 1 aromatic heterocycles. The molecule has 0 bridgehead atoms. The molecule has 2 heteroatoms. The minimum atomic E-state index is -2.90. The first-order valence-corrected chi connectivity index (χ1v) is 14.4. The molecule has 0 aliphatic carbocycles. The predicted molar refractivity (Wildman–Crippen MR) is 182 cm³/mol. The summed E-state index contributed by atoms with van der Waals surface area (Å²) in [5, 5.41) is 4.53. The fourth-order valence-corrected chi connectivity index (χ4v) is 6.36. The van der Waals surface area contributed by atoms with Gasteiger partial charge in [-0.3, -0.25) is 4.57 Å². The molecule has 0 saturated heterocycles. The number of fused-ring (bicyclic) bond motifs is 3. The van der Waals surface area contributed by atoms with Gasteiger partial charge in [-0.05, 0) is 85.3 Å². The number of hydrogen-bond donors (Lipinski definition) is 0. The molecule has 0 aliphatic heterocycles. The van der Waals surface area contributed by atoms with E-state index in [2.05, 4.69) is 96.0 Å². The Kier molecular flexibility index (Phi) is 4.95. The van der Waals surface area contributed by atoms with E-state index in [1.54, 1.807) is 10.6 Å². The first-order valence-electron chi connectivity index (χ1n) is 16.9. The molecule has 0 fully saturated rings. The number of hydrogen-bond acceptors (Lipinski definition) is 1. The van der Waals surface area contributed by atoms with E-state index in [1.807, 2.05) is 54.6 Å². The van der Waals surface area contributed by atoms with E-state index in [0.29, 0.717) is 16.7 Å². The lowest BCUT2D eigenvalue weighted by Crippen LogP contribution is -2.00. The summed E-state index contributed by atoms with van der Waals surface area (Å²) >= 11 is 0. The van der Waals surface area contributed by atoms with Gasteiger partial charge < -0.3 is 0 Å².